The Hall–Kier alpha value is -3.49. The number of carbonyl (C=O) groups is 1. The van der Waals surface area contributed by atoms with Crippen molar-refractivity contribution < 1.29 is 27.4 Å². The van der Waals surface area contributed by atoms with E-state index in [2.05, 4.69) is 10.4 Å². The van der Waals surface area contributed by atoms with Crippen LogP contribution in [-0.2, 0) is 12.7 Å². The van der Waals surface area contributed by atoms with Crippen molar-refractivity contribution in [2.24, 2.45) is 0 Å². The first kappa shape index (κ1) is 19.8. The van der Waals surface area contributed by atoms with Crippen molar-refractivity contribution in [1.82, 2.24) is 15.1 Å². The standard InChI is InChI=1S/C21H18F3N3O3/c1-12-8-13(2)27(26-12)15-7-6-14(17(9-15)21(22,23)24)10-25-20(28)16-4-3-5-18-19(16)30-11-29-18/h3-9H,10-11H2,1-2H3,(H,25,28). The van der Waals surface area contributed by atoms with Crippen LogP contribution in [0.2, 0.25) is 0 Å². The normalized spacial score (nSPS) is 12.8. The van der Waals surface area contributed by atoms with Gasteiger partial charge in [0.25, 0.3) is 5.91 Å². The molecule has 0 radical (unpaired) electrons. The molecule has 1 aliphatic heterocycles. The van der Waals surface area contributed by atoms with Gasteiger partial charge in [-0.3, -0.25) is 4.79 Å². The predicted molar refractivity (Wildman–Crippen MR) is 102 cm³/mol. The number of hydrogen-bond donors (Lipinski definition) is 1. The van der Waals surface area contributed by atoms with Gasteiger partial charge in [0.05, 0.1) is 22.5 Å². The van der Waals surface area contributed by atoms with E-state index in [1.165, 1.54) is 16.8 Å². The molecule has 0 fully saturated rings. The molecule has 1 aromatic heterocycles. The van der Waals surface area contributed by atoms with Gasteiger partial charge in [0, 0.05) is 12.2 Å². The van der Waals surface area contributed by atoms with Crippen LogP contribution in [0.25, 0.3) is 5.69 Å². The molecular formula is C21H18F3N3O3. The number of benzene rings is 2. The zero-order valence-corrected chi connectivity index (χ0v) is 16.2. The number of nitrogens with zero attached hydrogens (tertiary/aromatic N) is 2. The van der Waals surface area contributed by atoms with Crippen molar-refractivity contribution in [3.8, 4) is 17.2 Å². The number of amides is 1. The van der Waals surface area contributed by atoms with Crippen molar-refractivity contribution in [1.29, 1.82) is 0 Å². The molecule has 3 aromatic rings. The first-order valence-corrected chi connectivity index (χ1v) is 9.14. The Morgan fingerprint density at radius 3 is 2.67 bits per heavy atom. The minimum absolute atomic E-state index is 0.00830. The van der Waals surface area contributed by atoms with Gasteiger partial charge in [-0.1, -0.05) is 12.1 Å². The number of hydrogen-bond acceptors (Lipinski definition) is 4. The van der Waals surface area contributed by atoms with Crippen LogP contribution < -0.4 is 14.8 Å². The van der Waals surface area contributed by atoms with E-state index in [-0.39, 0.29) is 30.2 Å². The third-order valence-electron chi connectivity index (χ3n) is 4.73. The third kappa shape index (κ3) is 3.70. The van der Waals surface area contributed by atoms with Gasteiger partial charge in [0.1, 0.15) is 0 Å². The van der Waals surface area contributed by atoms with Crippen LogP contribution in [0.15, 0.2) is 42.5 Å². The monoisotopic (exact) mass is 417 g/mol. The van der Waals surface area contributed by atoms with Gasteiger partial charge in [-0.25, -0.2) is 4.68 Å². The van der Waals surface area contributed by atoms with E-state index in [4.69, 9.17) is 9.47 Å². The number of nitrogens with one attached hydrogen (secondary N) is 1. The molecule has 0 bridgehead atoms. The van der Waals surface area contributed by atoms with Gasteiger partial charge < -0.3 is 14.8 Å². The molecule has 0 saturated heterocycles. The summed E-state index contributed by atoms with van der Waals surface area (Å²) in [5.74, 6) is 0.159. The Kier molecular flexibility index (Phi) is 4.89. The summed E-state index contributed by atoms with van der Waals surface area (Å²) in [5.41, 5.74) is 1.06. The number of rotatable bonds is 4. The highest BCUT2D eigenvalue weighted by Gasteiger charge is 2.34. The Labute approximate surface area is 170 Å². The van der Waals surface area contributed by atoms with Crippen LogP contribution in [-0.4, -0.2) is 22.5 Å². The molecule has 0 atom stereocenters. The molecule has 0 unspecified atom stereocenters. The van der Waals surface area contributed by atoms with Crippen LogP contribution in [0, 0.1) is 13.8 Å². The summed E-state index contributed by atoms with van der Waals surface area (Å²) < 4.78 is 53.1. The molecule has 6 nitrogen and oxygen atoms in total. The predicted octanol–water partition coefficient (Wildman–Crippen LogP) is 4.17. The lowest BCUT2D eigenvalue weighted by Gasteiger charge is -2.16. The quantitative estimate of drug-likeness (QED) is 0.692. The molecule has 1 N–H and O–H groups in total. The van der Waals surface area contributed by atoms with Crippen LogP contribution >= 0.6 is 0 Å². The summed E-state index contributed by atoms with van der Waals surface area (Å²) in [5, 5.41) is 6.77. The van der Waals surface area contributed by atoms with E-state index >= 15 is 0 Å². The van der Waals surface area contributed by atoms with Crippen LogP contribution in [0.3, 0.4) is 0 Å². The molecule has 4 rings (SSSR count). The van der Waals surface area contributed by atoms with E-state index < -0.39 is 17.6 Å². The number of halogens is 3. The van der Waals surface area contributed by atoms with Crippen LogP contribution in [0.1, 0.15) is 32.9 Å². The molecule has 30 heavy (non-hydrogen) atoms. The summed E-state index contributed by atoms with van der Waals surface area (Å²) in [7, 11) is 0. The van der Waals surface area contributed by atoms with Gasteiger partial charge in [-0.05, 0) is 49.7 Å². The molecule has 9 heteroatoms. The molecule has 2 aromatic carbocycles. The maximum Gasteiger partial charge on any atom is 0.416 e. The Balaban J connectivity index is 1.60. The Bertz CT molecular complexity index is 1120. The minimum Gasteiger partial charge on any atom is -0.454 e. The highest BCUT2D eigenvalue weighted by molar-refractivity contribution is 5.97. The SMILES string of the molecule is Cc1cc(C)n(-c2ccc(CNC(=O)c3cccc4c3OCO4)c(C(F)(F)F)c2)n1. The minimum atomic E-state index is -4.59. The summed E-state index contributed by atoms with van der Waals surface area (Å²) >= 11 is 0. The average molecular weight is 417 g/mol. The number of aryl methyl sites for hydroxylation is 2. The maximum atomic E-state index is 13.7. The lowest BCUT2D eigenvalue weighted by atomic mass is 10.1. The van der Waals surface area contributed by atoms with Gasteiger partial charge >= 0.3 is 6.18 Å². The average Bonchev–Trinajstić information content (AvgIpc) is 3.30. The summed E-state index contributed by atoms with van der Waals surface area (Å²) in [6, 6.07) is 10.5. The van der Waals surface area contributed by atoms with Crippen molar-refractivity contribution in [2.45, 2.75) is 26.6 Å². The second-order valence-corrected chi connectivity index (χ2v) is 6.90. The fourth-order valence-corrected chi connectivity index (χ4v) is 3.38. The smallest absolute Gasteiger partial charge is 0.416 e. The molecule has 0 saturated carbocycles. The Morgan fingerprint density at radius 2 is 1.97 bits per heavy atom. The van der Waals surface area contributed by atoms with Crippen molar-refractivity contribution in [2.75, 3.05) is 6.79 Å². The van der Waals surface area contributed by atoms with E-state index in [1.54, 1.807) is 38.1 Å². The third-order valence-corrected chi connectivity index (χ3v) is 4.73. The van der Waals surface area contributed by atoms with Crippen molar-refractivity contribution in [3.05, 3.63) is 70.5 Å². The van der Waals surface area contributed by atoms with Crippen molar-refractivity contribution in [3.63, 3.8) is 0 Å². The largest absolute Gasteiger partial charge is 0.454 e. The van der Waals surface area contributed by atoms with Gasteiger partial charge in [-0.15, -0.1) is 0 Å². The first-order chi connectivity index (χ1) is 14.2. The second kappa shape index (κ2) is 7.40. The molecule has 1 amide bonds. The molecule has 0 aliphatic carbocycles. The molecule has 2 heterocycles. The number of alkyl halides is 3. The summed E-state index contributed by atoms with van der Waals surface area (Å²) in [4.78, 5) is 12.5. The second-order valence-electron chi connectivity index (χ2n) is 6.90. The van der Waals surface area contributed by atoms with Gasteiger partial charge in [0.15, 0.2) is 11.5 Å². The fraction of sp³-hybridized carbons (Fsp3) is 0.238. The molecular weight excluding hydrogens is 399 g/mol. The number of carbonyl (C=O) groups excluding carboxylic acids is 1. The highest BCUT2D eigenvalue weighted by Crippen LogP contribution is 2.36. The fourth-order valence-electron chi connectivity index (χ4n) is 3.38. The number of para-hydroxylation sites is 1. The van der Waals surface area contributed by atoms with Gasteiger partial charge in [-0.2, -0.15) is 18.3 Å². The number of aromatic nitrogens is 2. The van der Waals surface area contributed by atoms with Crippen LogP contribution in [0.5, 0.6) is 11.5 Å². The number of fused-ring (bicyclic) bond motifs is 1. The topological polar surface area (TPSA) is 65.4 Å². The van der Waals surface area contributed by atoms with Crippen molar-refractivity contribution >= 4 is 5.91 Å². The van der Waals surface area contributed by atoms with Crippen LogP contribution in [0.4, 0.5) is 13.2 Å². The summed E-state index contributed by atoms with van der Waals surface area (Å²) in [6.07, 6.45) is -4.59. The zero-order valence-electron chi connectivity index (χ0n) is 16.2. The summed E-state index contributed by atoms with van der Waals surface area (Å²) in [6.45, 7) is 3.24. The Morgan fingerprint density at radius 1 is 1.17 bits per heavy atom. The van der Waals surface area contributed by atoms with E-state index in [1.807, 2.05) is 0 Å². The van der Waals surface area contributed by atoms with E-state index in [9.17, 15) is 18.0 Å². The van der Waals surface area contributed by atoms with E-state index in [0.717, 1.165) is 11.8 Å². The molecule has 156 valence electrons. The number of ether oxygens (including phenoxy) is 2. The molecule has 0 spiro atoms. The van der Waals surface area contributed by atoms with E-state index in [0.29, 0.717) is 17.1 Å². The lowest BCUT2D eigenvalue weighted by molar-refractivity contribution is -0.138. The first-order valence-electron chi connectivity index (χ1n) is 9.14. The highest BCUT2D eigenvalue weighted by atomic mass is 19.4. The zero-order chi connectivity index (χ0) is 21.5. The van der Waals surface area contributed by atoms with Gasteiger partial charge in [0.2, 0.25) is 6.79 Å². The molecule has 1 aliphatic rings. The lowest BCUT2D eigenvalue weighted by Crippen LogP contribution is -2.25. The maximum absolute atomic E-state index is 13.7.